The molecule has 0 spiro atoms. The Balaban J connectivity index is 2.33. The summed E-state index contributed by atoms with van der Waals surface area (Å²) in [6.45, 7) is 4.37. The third-order valence-electron chi connectivity index (χ3n) is 3.72. The first-order valence-corrected chi connectivity index (χ1v) is 9.14. The minimum Gasteiger partial charge on any atom is -0.496 e. The second-order valence-corrected chi connectivity index (χ2v) is 7.68. The number of hydrazine groups is 1. The molecule has 3 N–H and O–H groups in total. The molecule has 0 bridgehead atoms. The zero-order valence-electron chi connectivity index (χ0n) is 12.4. The molecule has 3 atom stereocenters. The number of benzene rings is 1. The number of rotatable bonds is 5. The fourth-order valence-corrected chi connectivity index (χ4v) is 5.93. The van der Waals surface area contributed by atoms with Gasteiger partial charge in [-0.25, -0.2) is 0 Å². The molecule has 5 heteroatoms. The lowest BCUT2D eigenvalue weighted by atomic mass is 9.98. The molecule has 0 aliphatic carbocycles. The molecule has 0 amide bonds. The largest absolute Gasteiger partial charge is 0.496 e. The Hall–Kier alpha value is -0.360. The molecular weight excluding hydrogens is 288 g/mol. The van der Waals surface area contributed by atoms with Crippen molar-refractivity contribution in [3.8, 4) is 5.75 Å². The number of hydrogen-bond acceptors (Lipinski definition) is 5. The number of thioether (sulfide) groups is 2. The van der Waals surface area contributed by atoms with E-state index in [-0.39, 0.29) is 6.04 Å². The fourth-order valence-electron chi connectivity index (χ4n) is 2.71. The van der Waals surface area contributed by atoms with Crippen molar-refractivity contribution in [1.82, 2.24) is 5.43 Å². The van der Waals surface area contributed by atoms with Crippen LogP contribution in [0, 0.1) is 6.92 Å². The molecule has 1 aromatic carbocycles. The van der Waals surface area contributed by atoms with Gasteiger partial charge in [0, 0.05) is 27.6 Å². The molecule has 1 heterocycles. The van der Waals surface area contributed by atoms with Crippen molar-refractivity contribution in [2.45, 2.75) is 36.8 Å². The first-order chi connectivity index (χ1) is 9.71. The highest BCUT2D eigenvalue weighted by atomic mass is 32.2. The van der Waals surface area contributed by atoms with Crippen LogP contribution in [-0.2, 0) is 0 Å². The first-order valence-electron chi connectivity index (χ1n) is 7.05. The van der Waals surface area contributed by atoms with Crippen LogP contribution in [0.4, 0.5) is 0 Å². The quantitative estimate of drug-likeness (QED) is 0.646. The van der Waals surface area contributed by atoms with E-state index in [0.717, 1.165) is 5.75 Å². The highest BCUT2D eigenvalue weighted by Crippen LogP contribution is 2.42. The van der Waals surface area contributed by atoms with Gasteiger partial charge in [0.05, 0.1) is 13.2 Å². The van der Waals surface area contributed by atoms with E-state index < -0.39 is 0 Å². The van der Waals surface area contributed by atoms with Crippen molar-refractivity contribution in [1.29, 1.82) is 0 Å². The summed E-state index contributed by atoms with van der Waals surface area (Å²) >= 11 is 4.10. The van der Waals surface area contributed by atoms with Crippen LogP contribution in [0.2, 0.25) is 0 Å². The Morgan fingerprint density at radius 3 is 2.80 bits per heavy atom. The van der Waals surface area contributed by atoms with E-state index in [1.807, 2.05) is 17.8 Å². The zero-order valence-corrected chi connectivity index (χ0v) is 14.0. The molecular formula is C15H24N2OS2. The highest BCUT2D eigenvalue weighted by Gasteiger charge is 2.33. The van der Waals surface area contributed by atoms with Crippen LogP contribution in [-0.4, -0.2) is 29.1 Å². The van der Waals surface area contributed by atoms with Gasteiger partial charge in [0.1, 0.15) is 5.75 Å². The molecule has 0 radical (unpaired) electrons. The van der Waals surface area contributed by atoms with Crippen LogP contribution < -0.4 is 16.0 Å². The van der Waals surface area contributed by atoms with Crippen molar-refractivity contribution in [2.75, 3.05) is 18.6 Å². The van der Waals surface area contributed by atoms with E-state index in [9.17, 15) is 0 Å². The van der Waals surface area contributed by atoms with Gasteiger partial charge in [-0.2, -0.15) is 23.5 Å². The fraction of sp³-hybridized carbons (Fsp3) is 0.600. The highest BCUT2D eigenvalue weighted by molar-refractivity contribution is 8.07. The van der Waals surface area contributed by atoms with Crippen molar-refractivity contribution in [3.63, 3.8) is 0 Å². The van der Waals surface area contributed by atoms with E-state index >= 15 is 0 Å². The Morgan fingerprint density at radius 2 is 2.15 bits per heavy atom. The number of hydrogen-bond donors (Lipinski definition) is 2. The summed E-state index contributed by atoms with van der Waals surface area (Å²) in [4.78, 5) is 0. The molecule has 0 saturated carbocycles. The van der Waals surface area contributed by atoms with Gasteiger partial charge in [-0.3, -0.25) is 11.3 Å². The summed E-state index contributed by atoms with van der Waals surface area (Å²) in [6, 6.07) is 6.44. The SMILES string of the molecule is CCC1SCCSC1C(NN)c1cc(C)ccc1OC. The maximum Gasteiger partial charge on any atom is 0.123 e. The summed E-state index contributed by atoms with van der Waals surface area (Å²) in [5.74, 6) is 9.25. The lowest BCUT2D eigenvalue weighted by Crippen LogP contribution is -2.41. The van der Waals surface area contributed by atoms with Gasteiger partial charge in [0.2, 0.25) is 0 Å². The molecule has 1 fully saturated rings. The molecule has 1 aliphatic heterocycles. The van der Waals surface area contributed by atoms with Gasteiger partial charge < -0.3 is 4.74 Å². The van der Waals surface area contributed by atoms with Crippen molar-refractivity contribution in [2.24, 2.45) is 5.84 Å². The average molecular weight is 313 g/mol. The zero-order chi connectivity index (χ0) is 14.5. The van der Waals surface area contributed by atoms with Crippen LogP contribution in [0.5, 0.6) is 5.75 Å². The average Bonchev–Trinajstić information content (AvgIpc) is 2.49. The summed E-state index contributed by atoms with van der Waals surface area (Å²) in [5, 5.41) is 1.12. The Labute approximate surface area is 130 Å². The lowest BCUT2D eigenvalue weighted by Gasteiger charge is -2.36. The second-order valence-electron chi connectivity index (χ2n) is 5.04. The maximum atomic E-state index is 5.90. The predicted molar refractivity (Wildman–Crippen MR) is 90.6 cm³/mol. The molecule has 2 rings (SSSR count). The molecule has 0 aromatic heterocycles. The van der Waals surface area contributed by atoms with Crippen LogP contribution in [0.25, 0.3) is 0 Å². The predicted octanol–water partition coefficient (Wildman–Crippen LogP) is 3.14. The number of nitrogens with two attached hydrogens (primary N) is 1. The van der Waals surface area contributed by atoms with Gasteiger partial charge in [0.25, 0.3) is 0 Å². The van der Waals surface area contributed by atoms with Gasteiger partial charge in [-0.1, -0.05) is 24.6 Å². The van der Waals surface area contributed by atoms with E-state index in [0.29, 0.717) is 10.5 Å². The van der Waals surface area contributed by atoms with Crippen molar-refractivity contribution >= 4 is 23.5 Å². The minimum atomic E-state index is 0.132. The summed E-state index contributed by atoms with van der Waals surface area (Å²) in [5.41, 5.74) is 5.45. The molecule has 1 aliphatic rings. The number of aryl methyl sites for hydroxylation is 1. The van der Waals surface area contributed by atoms with E-state index in [4.69, 9.17) is 10.6 Å². The summed E-state index contributed by atoms with van der Waals surface area (Å²) in [6.07, 6.45) is 1.18. The van der Waals surface area contributed by atoms with Gasteiger partial charge >= 0.3 is 0 Å². The Morgan fingerprint density at radius 1 is 1.40 bits per heavy atom. The van der Waals surface area contributed by atoms with Gasteiger partial charge in [-0.05, 0) is 19.4 Å². The summed E-state index contributed by atoms with van der Waals surface area (Å²) in [7, 11) is 1.72. The number of nitrogens with one attached hydrogen (secondary N) is 1. The number of methoxy groups -OCH3 is 1. The van der Waals surface area contributed by atoms with Crippen LogP contribution in [0.15, 0.2) is 18.2 Å². The maximum absolute atomic E-state index is 5.90. The Bertz CT molecular complexity index is 442. The van der Waals surface area contributed by atoms with Crippen molar-refractivity contribution in [3.05, 3.63) is 29.3 Å². The van der Waals surface area contributed by atoms with E-state index in [1.165, 1.54) is 29.1 Å². The van der Waals surface area contributed by atoms with Crippen LogP contribution in [0.3, 0.4) is 0 Å². The van der Waals surface area contributed by atoms with Gasteiger partial charge in [-0.15, -0.1) is 0 Å². The minimum absolute atomic E-state index is 0.132. The molecule has 112 valence electrons. The summed E-state index contributed by atoms with van der Waals surface area (Å²) < 4.78 is 5.53. The third-order valence-corrected chi connectivity index (χ3v) is 7.07. The third kappa shape index (κ3) is 3.45. The second kappa shape index (κ2) is 7.59. The molecule has 3 unspecified atom stereocenters. The lowest BCUT2D eigenvalue weighted by molar-refractivity contribution is 0.396. The van der Waals surface area contributed by atoms with Crippen LogP contribution in [0.1, 0.15) is 30.5 Å². The first kappa shape index (κ1) is 16.0. The van der Waals surface area contributed by atoms with Gasteiger partial charge in [0.15, 0.2) is 0 Å². The molecule has 1 saturated heterocycles. The Kier molecular flexibility index (Phi) is 6.08. The smallest absolute Gasteiger partial charge is 0.123 e. The van der Waals surface area contributed by atoms with E-state index in [1.54, 1.807) is 7.11 Å². The normalized spacial score (nSPS) is 24.4. The molecule has 3 nitrogen and oxygen atoms in total. The monoisotopic (exact) mass is 312 g/mol. The number of ether oxygens (including phenoxy) is 1. The van der Waals surface area contributed by atoms with Crippen LogP contribution >= 0.6 is 23.5 Å². The standard InChI is InChI=1S/C15H24N2OS2/c1-4-13-15(20-8-7-19-13)14(17-16)11-9-10(2)5-6-12(11)18-3/h5-6,9,13-15,17H,4,7-8,16H2,1-3H3. The van der Waals surface area contributed by atoms with Crippen molar-refractivity contribution < 1.29 is 4.74 Å². The topological polar surface area (TPSA) is 47.3 Å². The molecule has 1 aromatic rings. The molecule has 20 heavy (non-hydrogen) atoms. The van der Waals surface area contributed by atoms with E-state index in [2.05, 4.69) is 43.2 Å².